The fraction of sp³-hybridized carbons (Fsp3) is 0.500. The zero-order valence-corrected chi connectivity index (χ0v) is 6.52. The predicted octanol–water partition coefficient (Wildman–Crippen LogP) is 0.241. The first-order valence-electron chi connectivity index (χ1n) is 3.35. The summed E-state index contributed by atoms with van der Waals surface area (Å²) in [7, 11) is 1.66. The number of aryl methyl sites for hydroxylation is 2. The SMILES string of the molecule is CC[n+]1cc([N+](=O)[O-])n(C)c1. The van der Waals surface area contributed by atoms with E-state index in [1.165, 1.54) is 10.8 Å². The van der Waals surface area contributed by atoms with E-state index in [1.54, 1.807) is 17.9 Å². The number of imidazole rings is 1. The first kappa shape index (κ1) is 7.71. The van der Waals surface area contributed by atoms with Gasteiger partial charge in [0.05, 0.1) is 13.6 Å². The molecule has 0 N–H and O–H groups in total. The Morgan fingerprint density at radius 2 is 2.45 bits per heavy atom. The van der Waals surface area contributed by atoms with Crippen molar-refractivity contribution in [2.45, 2.75) is 13.5 Å². The Labute approximate surface area is 64.0 Å². The molecule has 0 radical (unpaired) electrons. The topological polar surface area (TPSA) is 51.9 Å². The van der Waals surface area contributed by atoms with Crippen molar-refractivity contribution in [1.82, 2.24) is 4.57 Å². The summed E-state index contributed by atoms with van der Waals surface area (Å²) in [5.41, 5.74) is 0. The number of nitro groups is 1. The summed E-state index contributed by atoms with van der Waals surface area (Å²) in [6.07, 6.45) is 3.21. The minimum absolute atomic E-state index is 0.117. The third kappa shape index (κ3) is 1.36. The van der Waals surface area contributed by atoms with E-state index in [9.17, 15) is 10.1 Å². The Kier molecular flexibility index (Phi) is 1.89. The van der Waals surface area contributed by atoms with Crippen molar-refractivity contribution in [3.63, 3.8) is 0 Å². The van der Waals surface area contributed by atoms with Crippen LogP contribution < -0.4 is 4.57 Å². The van der Waals surface area contributed by atoms with Gasteiger partial charge in [-0.3, -0.25) is 0 Å². The van der Waals surface area contributed by atoms with Crippen LogP contribution in [0.1, 0.15) is 6.92 Å². The molecule has 0 fully saturated rings. The molecule has 11 heavy (non-hydrogen) atoms. The van der Waals surface area contributed by atoms with Crippen LogP contribution in [-0.2, 0) is 13.6 Å². The van der Waals surface area contributed by atoms with Crippen LogP contribution in [0.2, 0.25) is 0 Å². The van der Waals surface area contributed by atoms with Gasteiger partial charge in [0, 0.05) is 0 Å². The van der Waals surface area contributed by atoms with Gasteiger partial charge in [0.15, 0.2) is 6.20 Å². The normalized spacial score (nSPS) is 10.0. The Balaban J connectivity index is 3.07. The number of rotatable bonds is 2. The maximum absolute atomic E-state index is 10.3. The average Bonchev–Trinajstić information content (AvgIpc) is 2.30. The lowest BCUT2D eigenvalue weighted by molar-refractivity contribution is -0.694. The summed E-state index contributed by atoms with van der Waals surface area (Å²) in [6, 6.07) is 0. The van der Waals surface area contributed by atoms with Crippen molar-refractivity contribution < 1.29 is 9.49 Å². The minimum atomic E-state index is -0.397. The number of hydrogen-bond acceptors (Lipinski definition) is 2. The lowest BCUT2D eigenvalue weighted by Gasteiger charge is -1.88. The van der Waals surface area contributed by atoms with E-state index >= 15 is 0 Å². The zero-order chi connectivity index (χ0) is 8.43. The molecule has 0 aliphatic carbocycles. The van der Waals surface area contributed by atoms with Gasteiger partial charge >= 0.3 is 5.82 Å². The van der Waals surface area contributed by atoms with E-state index in [0.717, 1.165) is 6.54 Å². The van der Waals surface area contributed by atoms with E-state index in [1.807, 2.05) is 6.92 Å². The van der Waals surface area contributed by atoms with Gasteiger partial charge in [-0.2, -0.15) is 4.57 Å². The van der Waals surface area contributed by atoms with Crippen molar-refractivity contribution in [3.05, 3.63) is 22.6 Å². The average molecular weight is 156 g/mol. The molecule has 0 unspecified atom stereocenters. The van der Waals surface area contributed by atoms with Crippen LogP contribution in [0.25, 0.3) is 0 Å². The van der Waals surface area contributed by atoms with Crippen LogP contribution in [0.5, 0.6) is 0 Å². The van der Waals surface area contributed by atoms with Gasteiger partial charge in [-0.1, -0.05) is 0 Å². The van der Waals surface area contributed by atoms with Gasteiger partial charge in [0.1, 0.15) is 0 Å². The van der Waals surface area contributed by atoms with Crippen molar-refractivity contribution in [1.29, 1.82) is 0 Å². The molecule has 1 aromatic heterocycles. The fourth-order valence-electron chi connectivity index (χ4n) is 0.903. The third-order valence-corrected chi connectivity index (χ3v) is 1.52. The van der Waals surface area contributed by atoms with E-state index in [0.29, 0.717) is 0 Å². The molecule has 0 saturated carbocycles. The van der Waals surface area contributed by atoms with Crippen LogP contribution in [0.15, 0.2) is 12.5 Å². The summed E-state index contributed by atoms with van der Waals surface area (Å²) < 4.78 is 3.25. The summed E-state index contributed by atoms with van der Waals surface area (Å²) >= 11 is 0. The monoisotopic (exact) mass is 156 g/mol. The molecule has 0 amide bonds. The highest BCUT2D eigenvalue weighted by Crippen LogP contribution is 2.04. The van der Waals surface area contributed by atoms with Gasteiger partial charge in [-0.25, -0.2) is 4.57 Å². The van der Waals surface area contributed by atoms with Crippen molar-refractivity contribution in [3.8, 4) is 0 Å². The molecule has 0 aliphatic rings. The highest BCUT2D eigenvalue weighted by Gasteiger charge is 2.13. The summed E-state index contributed by atoms with van der Waals surface area (Å²) in [5.74, 6) is 0.117. The molecule has 5 heteroatoms. The lowest BCUT2D eigenvalue weighted by atomic mass is 10.7. The lowest BCUT2D eigenvalue weighted by Crippen LogP contribution is -2.28. The molecule has 0 bridgehead atoms. The minimum Gasteiger partial charge on any atom is -0.358 e. The molecule has 0 spiro atoms. The summed E-state index contributed by atoms with van der Waals surface area (Å²) in [5, 5.41) is 10.3. The number of aromatic nitrogens is 2. The first-order valence-corrected chi connectivity index (χ1v) is 3.35. The summed E-state index contributed by atoms with van der Waals surface area (Å²) in [4.78, 5) is 9.93. The Morgan fingerprint density at radius 3 is 2.73 bits per heavy atom. The second-order valence-corrected chi connectivity index (χ2v) is 2.30. The Hall–Kier alpha value is -1.39. The summed E-state index contributed by atoms with van der Waals surface area (Å²) in [6.45, 7) is 2.69. The zero-order valence-electron chi connectivity index (χ0n) is 6.52. The van der Waals surface area contributed by atoms with Crippen LogP contribution in [0.4, 0.5) is 5.82 Å². The van der Waals surface area contributed by atoms with E-state index in [4.69, 9.17) is 0 Å². The molecular formula is C6H10N3O2+. The Morgan fingerprint density at radius 1 is 1.82 bits per heavy atom. The molecular weight excluding hydrogens is 146 g/mol. The number of nitrogens with zero attached hydrogens (tertiary/aromatic N) is 3. The van der Waals surface area contributed by atoms with Crippen molar-refractivity contribution in [2.24, 2.45) is 7.05 Å². The van der Waals surface area contributed by atoms with Gasteiger partial charge in [-0.15, -0.1) is 0 Å². The standard InChI is InChI=1S/C6H10N3O2/c1-3-8-4-6(9(10)11)7(2)5-8/h4-5H,3H2,1-2H3/q+1. The van der Waals surface area contributed by atoms with E-state index in [2.05, 4.69) is 0 Å². The highest BCUT2D eigenvalue weighted by atomic mass is 16.6. The van der Waals surface area contributed by atoms with Crippen LogP contribution in [-0.4, -0.2) is 9.49 Å². The fourth-order valence-corrected chi connectivity index (χ4v) is 0.903. The van der Waals surface area contributed by atoms with Gasteiger partial charge < -0.3 is 10.1 Å². The smallest absolute Gasteiger partial charge is 0.358 e. The second-order valence-electron chi connectivity index (χ2n) is 2.30. The molecule has 1 aromatic rings. The molecule has 5 nitrogen and oxygen atoms in total. The van der Waals surface area contributed by atoms with E-state index < -0.39 is 4.92 Å². The number of hydrogen-bond donors (Lipinski definition) is 0. The second kappa shape index (κ2) is 2.69. The highest BCUT2D eigenvalue weighted by molar-refractivity contribution is 5.09. The molecule has 0 saturated heterocycles. The maximum Gasteiger partial charge on any atom is 0.364 e. The van der Waals surface area contributed by atoms with Crippen molar-refractivity contribution >= 4 is 5.82 Å². The third-order valence-electron chi connectivity index (χ3n) is 1.52. The molecule has 60 valence electrons. The van der Waals surface area contributed by atoms with Crippen LogP contribution >= 0.6 is 0 Å². The van der Waals surface area contributed by atoms with Gasteiger partial charge in [-0.05, 0) is 11.8 Å². The molecule has 0 aromatic carbocycles. The molecule has 1 heterocycles. The quantitative estimate of drug-likeness (QED) is 0.350. The van der Waals surface area contributed by atoms with Gasteiger partial charge in [0.25, 0.3) is 0 Å². The maximum atomic E-state index is 10.3. The Bertz CT molecular complexity index is 279. The molecule has 0 atom stereocenters. The van der Waals surface area contributed by atoms with E-state index in [-0.39, 0.29) is 5.82 Å². The van der Waals surface area contributed by atoms with Gasteiger partial charge in [0.2, 0.25) is 6.33 Å². The van der Waals surface area contributed by atoms with Crippen LogP contribution in [0.3, 0.4) is 0 Å². The molecule has 0 aliphatic heterocycles. The molecule has 1 rings (SSSR count). The predicted molar refractivity (Wildman–Crippen MR) is 37.9 cm³/mol. The van der Waals surface area contributed by atoms with Crippen LogP contribution in [0, 0.1) is 10.1 Å². The van der Waals surface area contributed by atoms with Crippen molar-refractivity contribution in [2.75, 3.05) is 0 Å². The first-order chi connectivity index (χ1) is 5.15. The largest absolute Gasteiger partial charge is 0.364 e.